The van der Waals surface area contributed by atoms with Crippen molar-refractivity contribution in [2.24, 2.45) is 0 Å². The summed E-state index contributed by atoms with van der Waals surface area (Å²) in [6.07, 6.45) is 0.201. The van der Waals surface area contributed by atoms with Crippen molar-refractivity contribution in [3.8, 4) is 0 Å². The van der Waals surface area contributed by atoms with Crippen LogP contribution in [-0.4, -0.2) is 13.1 Å². The SMILES string of the molecule is CCC1(c2ccc(Cl)cc2)OC(=O)N(C)c2ccc(Nc3cccc(Cl)c3)cc21. The zero-order chi connectivity index (χ0) is 20.6. The van der Waals surface area contributed by atoms with E-state index in [-0.39, 0.29) is 6.09 Å². The number of nitrogens with one attached hydrogen (secondary N) is 1. The minimum Gasteiger partial charge on any atom is -0.433 e. The van der Waals surface area contributed by atoms with Gasteiger partial charge in [-0.3, -0.25) is 4.90 Å². The normalized spacial score (nSPS) is 18.2. The Morgan fingerprint density at radius 2 is 1.69 bits per heavy atom. The summed E-state index contributed by atoms with van der Waals surface area (Å²) >= 11 is 12.2. The first-order chi connectivity index (χ1) is 13.9. The van der Waals surface area contributed by atoms with Gasteiger partial charge < -0.3 is 10.1 Å². The smallest absolute Gasteiger partial charge is 0.415 e. The van der Waals surface area contributed by atoms with Gasteiger partial charge in [0.25, 0.3) is 0 Å². The van der Waals surface area contributed by atoms with E-state index in [0.717, 1.165) is 28.2 Å². The van der Waals surface area contributed by atoms with Crippen LogP contribution in [0, 0.1) is 0 Å². The van der Waals surface area contributed by atoms with Gasteiger partial charge in [-0.1, -0.05) is 48.3 Å². The Labute approximate surface area is 180 Å². The van der Waals surface area contributed by atoms with Gasteiger partial charge in [-0.15, -0.1) is 0 Å². The molecule has 1 aliphatic heterocycles. The van der Waals surface area contributed by atoms with E-state index in [4.69, 9.17) is 27.9 Å². The number of carbonyl (C=O) groups is 1. The fraction of sp³-hybridized carbons (Fsp3) is 0.174. The van der Waals surface area contributed by atoms with Gasteiger partial charge >= 0.3 is 6.09 Å². The lowest BCUT2D eigenvalue weighted by molar-refractivity contribution is 0.0353. The molecule has 1 unspecified atom stereocenters. The van der Waals surface area contributed by atoms with Crippen molar-refractivity contribution in [2.75, 3.05) is 17.3 Å². The third-order valence-electron chi connectivity index (χ3n) is 5.25. The molecule has 4 nitrogen and oxygen atoms in total. The highest BCUT2D eigenvalue weighted by atomic mass is 35.5. The Bertz CT molecular complexity index is 1070. The van der Waals surface area contributed by atoms with Crippen LogP contribution in [0.25, 0.3) is 0 Å². The molecule has 1 amide bonds. The van der Waals surface area contributed by atoms with E-state index in [9.17, 15) is 4.79 Å². The molecule has 0 aromatic heterocycles. The number of nitrogens with zero attached hydrogens (tertiary/aromatic N) is 1. The Hall–Kier alpha value is -2.69. The molecule has 0 saturated carbocycles. The Kier molecular flexibility index (Phi) is 5.15. The summed E-state index contributed by atoms with van der Waals surface area (Å²) in [6.45, 7) is 2.01. The number of hydrogen-bond acceptors (Lipinski definition) is 3. The first-order valence-corrected chi connectivity index (χ1v) is 10.1. The molecule has 4 rings (SSSR count). The third-order valence-corrected chi connectivity index (χ3v) is 5.74. The molecule has 148 valence electrons. The number of fused-ring (bicyclic) bond motifs is 1. The van der Waals surface area contributed by atoms with Crippen LogP contribution in [-0.2, 0) is 10.3 Å². The number of rotatable bonds is 4. The van der Waals surface area contributed by atoms with Crippen molar-refractivity contribution < 1.29 is 9.53 Å². The monoisotopic (exact) mass is 426 g/mol. The van der Waals surface area contributed by atoms with Crippen LogP contribution in [0.4, 0.5) is 21.9 Å². The molecule has 1 N–H and O–H groups in total. The van der Waals surface area contributed by atoms with Gasteiger partial charge in [-0.05, 0) is 55.0 Å². The van der Waals surface area contributed by atoms with Gasteiger partial charge in [0.2, 0.25) is 0 Å². The summed E-state index contributed by atoms with van der Waals surface area (Å²) in [7, 11) is 1.71. The maximum absolute atomic E-state index is 12.6. The van der Waals surface area contributed by atoms with E-state index in [1.807, 2.05) is 73.7 Å². The molecule has 0 saturated heterocycles. The number of hydrogen-bond donors (Lipinski definition) is 1. The van der Waals surface area contributed by atoms with Crippen LogP contribution in [0.2, 0.25) is 10.0 Å². The lowest BCUT2D eigenvalue weighted by Crippen LogP contribution is -2.44. The van der Waals surface area contributed by atoms with Gasteiger partial charge in [0.15, 0.2) is 5.60 Å². The third kappa shape index (κ3) is 3.54. The molecule has 1 aliphatic rings. The van der Waals surface area contributed by atoms with Crippen molar-refractivity contribution in [3.63, 3.8) is 0 Å². The maximum Gasteiger partial charge on any atom is 0.415 e. The molecule has 6 heteroatoms. The van der Waals surface area contributed by atoms with Crippen molar-refractivity contribution in [1.82, 2.24) is 0 Å². The highest BCUT2D eigenvalue weighted by molar-refractivity contribution is 6.31. The van der Waals surface area contributed by atoms with Crippen molar-refractivity contribution in [1.29, 1.82) is 0 Å². The summed E-state index contributed by atoms with van der Waals surface area (Å²) in [6, 6.07) is 20.9. The summed E-state index contributed by atoms with van der Waals surface area (Å²) in [5, 5.41) is 4.67. The van der Waals surface area contributed by atoms with Crippen molar-refractivity contribution in [2.45, 2.75) is 18.9 Å². The van der Waals surface area contributed by atoms with Crippen LogP contribution >= 0.6 is 23.2 Å². The fourth-order valence-electron chi connectivity index (χ4n) is 3.73. The molecule has 1 heterocycles. The predicted octanol–water partition coefficient (Wildman–Crippen LogP) is 6.98. The second kappa shape index (κ2) is 7.62. The van der Waals surface area contributed by atoms with Crippen LogP contribution in [0.15, 0.2) is 66.7 Å². The van der Waals surface area contributed by atoms with Gasteiger partial charge in [-0.25, -0.2) is 4.79 Å². The lowest BCUT2D eigenvalue weighted by Gasteiger charge is -2.41. The minimum absolute atomic E-state index is 0.384. The molecule has 29 heavy (non-hydrogen) atoms. The van der Waals surface area contributed by atoms with E-state index in [1.54, 1.807) is 7.05 Å². The number of carbonyl (C=O) groups excluding carboxylic acids is 1. The first kappa shape index (κ1) is 19.6. The van der Waals surface area contributed by atoms with Crippen LogP contribution < -0.4 is 10.2 Å². The Balaban J connectivity index is 1.84. The van der Waals surface area contributed by atoms with Gasteiger partial charge in [0.1, 0.15) is 0 Å². The summed E-state index contributed by atoms with van der Waals surface area (Å²) < 4.78 is 6.01. The second-order valence-electron chi connectivity index (χ2n) is 6.98. The van der Waals surface area contributed by atoms with Crippen LogP contribution in [0.5, 0.6) is 0 Å². The average molecular weight is 427 g/mol. The van der Waals surface area contributed by atoms with Crippen LogP contribution in [0.1, 0.15) is 24.5 Å². The summed E-state index contributed by atoms with van der Waals surface area (Å²) in [5.74, 6) is 0. The summed E-state index contributed by atoms with van der Waals surface area (Å²) in [4.78, 5) is 14.2. The number of ether oxygens (including phenoxy) is 1. The fourth-order valence-corrected chi connectivity index (χ4v) is 4.05. The van der Waals surface area contributed by atoms with E-state index >= 15 is 0 Å². The average Bonchev–Trinajstić information content (AvgIpc) is 2.71. The number of halogens is 2. The number of benzene rings is 3. The Morgan fingerprint density at radius 3 is 2.38 bits per heavy atom. The van der Waals surface area contributed by atoms with Gasteiger partial charge in [0.05, 0.1) is 5.69 Å². The first-order valence-electron chi connectivity index (χ1n) is 9.33. The topological polar surface area (TPSA) is 41.6 Å². The largest absolute Gasteiger partial charge is 0.433 e. The molecule has 3 aromatic carbocycles. The molecule has 3 aromatic rings. The van der Waals surface area contributed by atoms with E-state index in [2.05, 4.69) is 5.32 Å². The summed E-state index contributed by atoms with van der Waals surface area (Å²) in [5.41, 5.74) is 3.48. The van der Waals surface area contributed by atoms with E-state index in [0.29, 0.717) is 16.5 Å². The van der Waals surface area contributed by atoms with E-state index < -0.39 is 5.60 Å². The predicted molar refractivity (Wildman–Crippen MR) is 119 cm³/mol. The standard InChI is InChI=1S/C23H20Cl2N2O2/c1-3-23(15-7-9-16(24)10-8-15)20-14-19(26-18-6-4-5-17(25)13-18)11-12-21(20)27(2)22(28)29-23/h4-14,26H,3H2,1-2H3. The van der Waals surface area contributed by atoms with Gasteiger partial charge in [-0.2, -0.15) is 0 Å². The molecule has 0 radical (unpaired) electrons. The minimum atomic E-state index is -0.893. The highest BCUT2D eigenvalue weighted by Gasteiger charge is 2.44. The second-order valence-corrected chi connectivity index (χ2v) is 7.85. The number of anilines is 3. The molecule has 0 spiro atoms. The van der Waals surface area contributed by atoms with E-state index in [1.165, 1.54) is 4.90 Å². The van der Waals surface area contributed by atoms with Crippen LogP contribution in [0.3, 0.4) is 0 Å². The molecular formula is C23H20Cl2N2O2. The molecule has 1 atom stereocenters. The van der Waals surface area contributed by atoms with Crippen molar-refractivity contribution in [3.05, 3.63) is 87.9 Å². The maximum atomic E-state index is 12.6. The zero-order valence-electron chi connectivity index (χ0n) is 16.1. The quantitative estimate of drug-likeness (QED) is 0.489. The molecule has 0 aliphatic carbocycles. The molecule has 0 bridgehead atoms. The molecule has 0 fully saturated rings. The number of cyclic esters (lactones) is 1. The lowest BCUT2D eigenvalue weighted by atomic mass is 9.81. The zero-order valence-corrected chi connectivity index (χ0v) is 17.6. The highest BCUT2D eigenvalue weighted by Crippen LogP contribution is 2.46. The Morgan fingerprint density at radius 1 is 0.966 bits per heavy atom. The number of amides is 1. The molecular weight excluding hydrogens is 407 g/mol. The van der Waals surface area contributed by atoms with Crippen molar-refractivity contribution >= 4 is 46.4 Å². The van der Waals surface area contributed by atoms with Gasteiger partial charge in [0, 0.05) is 39.6 Å².